The Morgan fingerprint density at radius 2 is 1.80 bits per heavy atom. The van der Waals surface area contributed by atoms with Crippen molar-refractivity contribution in [2.24, 2.45) is 0 Å². The summed E-state index contributed by atoms with van der Waals surface area (Å²) in [4.78, 5) is 10.0. The van der Waals surface area contributed by atoms with E-state index >= 15 is 0 Å². The van der Waals surface area contributed by atoms with Gasteiger partial charge >= 0.3 is 5.97 Å². The molecule has 0 saturated carbocycles. The highest BCUT2D eigenvalue weighted by molar-refractivity contribution is 5.66. The summed E-state index contributed by atoms with van der Waals surface area (Å²) in [5.41, 5.74) is 0. The predicted octanol–water partition coefficient (Wildman–Crippen LogP) is 2.43. The Kier molecular flexibility index (Phi) is 6.24. The molecule has 0 amide bonds. The first-order valence-electron chi connectivity index (χ1n) is 3.99. The van der Waals surface area contributed by atoms with Crippen molar-refractivity contribution >= 4 is 5.97 Å². The van der Waals surface area contributed by atoms with Gasteiger partial charge in [-0.05, 0) is 6.42 Å². The lowest BCUT2D eigenvalue weighted by Crippen LogP contribution is -1.93. The molecule has 0 aromatic rings. The SMILES string of the molecule is [13CH3]C[13CH2]C[13CH2]C[13CH2]C(=O)O. The average Bonchev–Trinajstić information content (AvgIpc) is 1.87. The molecule has 10 heavy (non-hydrogen) atoms. The molecule has 0 aliphatic rings. The molecule has 0 unspecified atom stereocenters. The average molecular weight is 148 g/mol. The van der Waals surface area contributed by atoms with Crippen LogP contribution in [0.4, 0.5) is 0 Å². The van der Waals surface area contributed by atoms with Gasteiger partial charge in [0.1, 0.15) is 0 Å². The monoisotopic (exact) mass is 148 g/mol. The van der Waals surface area contributed by atoms with Gasteiger partial charge in [0.15, 0.2) is 0 Å². The van der Waals surface area contributed by atoms with Gasteiger partial charge in [-0.15, -0.1) is 0 Å². The van der Waals surface area contributed by atoms with E-state index in [2.05, 4.69) is 6.92 Å². The van der Waals surface area contributed by atoms with Crippen molar-refractivity contribution in [3.63, 3.8) is 0 Å². The van der Waals surface area contributed by atoms with Gasteiger partial charge in [-0.1, -0.05) is 32.6 Å². The lowest BCUT2D eigenvalue weighted by Gasteiger charge is -1.95. The van der Waals surface area contributed by atoms with Crippen LogP contribution in [0.1, 0.15) is 45.4 Å². The molecule has 0 aromatic heterocycles. The molecule has 0 fully saturated rings. The first kappa shape index (κ1) is 9.47. The summed E-state index contributed by atoms with van der Waals surface area (Å²) < 4.78 is 0. The predicted molar refractivity (Wildman–Crippen MR) is 41.0 cm³/mol. The second-order valence-electron chi connectivity index (χ2n) is 2.56. The van der Waals surface area contributed by atoms with Crippen molar-refractivity contribution in [1.29, 1.82) is 0 Å². The van der Waals surface area contributed by atoms with Gasteiger partial charge in [-0.25, -0.2) is 0 Å². The van der Waals surface area contributed by atoms with Gasteiger partial charge in [0.05, 0.1) is 0 Å². The number of rotatable bonds is 6. The van der Waals surface area contributed by atoms with E-state index in [1.54, 1.807) is 0 Å². The smallest absolute Gasteiger partial charge is 0.303 e. The normalized spacial score (nSPS) is 9.70. The first-order valence-corrected chi connectivity index (χ1v) is 3.99. The number of hydrogen-bond donors (Lipinski definition) is 1. The van der Waals surface area contributed by atoms with Crippen LogP contribution in [0.25, 0.3) is 0 Å². The van der Waals surface area contributed by atoms with Crippen LogP contribution in [0.15, 0.2) is 0 Å². The zero-order valence-electron chi connectivity index (χ0n) is 6.60. The van der Waals surface area contributed by atoms with E-state index in [0.29, 0.717) is 6.42 Å². The maximum atomic E-state index is 10.0. The summed E-state index contributed by atoms with van der Waals surface area (Å²) in [7, 11) is 0. The van der Waals surface area contributed by atoms with Crippen LogP contribution in [0.2, 0.25) is 0 Å². The van der Waals surface area contributed by atoms with Gasteiger partial charge in [-0.2, -0.15) is 0 Å². The number of carboxylic acid groups (broad SMARTS) is 1. The molecule has 2 nitrogen and oxygen atoms in total. The number of hydrogen-bond acceptors (Lipinski definition) is 1. The van der Waals surface area contributed by atoms with E-state index in [-0.39, 0.29) is 0 Å². The van der Waals surface area contributed by atoms with Crippen molar-refractivity contribution in [2.75, 3.05) is 0 Å². The highest BCUT2D eigenvalue weighted by Gasteiger charge is 1.94. The molecule has 0 rings (SSSR count). The standard InChI is InChI=1S/C8H16O2/c1-2-3-4-5-6-7-8(9)10/h2-7H2,1H3,(H,9,10)/i1+1,3+1,5+1,7+1. The van der Waals surface area contributed by atoms with Gasteiger partial charge in [0, 0.05) is 6.42 Å². The summed E-state index contributed by atoms with van der Waals surface area (Å²) in [6.45, 7) is 2.15. The van der Waals surface area contributed by atoms with Crippen LogP contribution in [0.5, 0.6) is 0 Å². The summed E-state index contributed by atoms with van der Waals surface area (Å²) in [5, 5.41) is 8.27. The fourth-order valence-electron chi connectivity index (χ4n) is 0.880. The summed E-state index contributed by atoms with van der Waals surface area (Å²) in [6, 6.07) is 0. The summed E-state index contributed by atoms with van der Waals surface area (Å²) in [5.74, 6) is -0.670. The minimum absolute atomic E-state index is 0.337. The second-order valence-corrected chi connectivity index (χ2v) is 2.56. The molecule has 1 N–H and O–H groups in total. The Morgan fingerprint density at radius 1 is 1.20 bits per heavy atom. The molecule has 0 aromatic carbocycles. The zero-order valence-corrected chi connectivity index (χ0v) is 6.60. The van der Waals surface area contributed by atoms with Gasteiger partial charge in [0.2, 0.25) is 0 Å². The van der Waals surface area contributed by atoms with Gasteiger partial charge in [0.25, 0.3) is 0 Å². The maximum absolute atomic E-state index is 10.0. The van der Waals surface area contributed by atoms with Crippen molar-refractivity contribution in [3.05, 3.63) is 0 Å². The van der Waals surface area contributed by atoms with Crippen molar-refractivity contribution in [3.8, 4) is 0 Å². The van der Waals surface area contributed by atoms with Gasteiger partial charge < -0.3 is 5.11 Å². The fraction of sp³-hybridized carbons (Fsp3) is 0.875. The van der Waals surface area contributed by atoms with E-state index in [1.807, 2.05) is 0 Å². The molecule has 0 saturated heterocycles. The van der Waals surface area contributed by atoms with Crippen molar-refractivity contribution in [1.82, 2.24) is 0 Å². The number of carbonyl (C=O) groups is 1. The highest BCUT2D eigenvalue weighted by atomic mass is 16.4. The maximum Gasteiger partial charge on any atom is 0.303 e. The molecule has 0 heterocycles. The molecule has 0 spiro atoms. The van der Waals surface area contributed by atoms with E-state index in [1.165, 1.54) is 19.3 Å². The van der Waals surface area contributed by atoms with Gasteiger partial charge in [-0.3, -0.25) is 4.79 Å². The largest absolute Gasteiger partial charge is 0.481 e. The fourth-order valence-corrected chi connectivity index (χ4v) is 0.880. The lowest BCUT2D eigenvalue weighted by molar-refractivity contribution is -0.137. The molecular weight excluding hydrogens is 132 g/mol. The third-order valence-electron chi connectivity index (χ3n) is 1.49. The molecule has 0 bridgehead atoms. The minimum atomic E-state index is -0.670. The van der Waals surface area contributed by atoms with Crippen LogP contribution in [0.3, 0.4) is 0 Å². The minimum Gasteiger partial charge on any atom is -0.481 e. The lowest BCUT2D eigenvalue weighted by atomic mass is 10.6. The van der Waals surface area contributed by atoms with Crippen molar-refractivity contribution in [2.45, 2.75) is 45.4 Å². The molecular formula is C8H16O2. The van der Waals surface area contributed by atoms with E-state index in [4.69, 9.17) is 5.11 Å². The number of aliphatic carboxylic acids is 1. The highest BCUT2D eigenvalue weighted by Crippen LogP contribution is 2.04. The van der Waals surface area contributed by atoms with E-state index in [0.717, 1.165) is 12.8 Å². The topological polar surface area (TPSA) is 37.3 Å². The van der Waals surface area contributed by atoms with Crippen LogP contribution < -0.4 is 0 Å². The molecule has 2 heteroatoms. The Bertz CT molecular complexity index is 89.3. The van der Waals surface area contributed by atoms with E-state index in [9.17, 15) is 4.79 Å². The van der Waals surface area contributed by atoms with E-state index < -0.39 is 5.97 Å². The Morgan fingerprint density at radius 3 is 2.30 bits per heavy atom. The number of unbranched alkanes of at least 4 members (excludes halogenated alkanes) is 4. The summed E-state index contributed by atoms with van der Waals surface area (Å²) in [6.07, 6.45) is 5.88. The third-order valence-corrected chi connectivity index (χ3v) is 1.49. The Labute approximate surface area is 62.2 Å². The molecule has 0 aliphatic heterocycles. The van der Waals surface area contributed by atoms with Crippen LogP contribution >= 0.6 is 0 Å². The zero-order chi connectivity index (χ0) is 7.82. The quantitative estimate of drug-likeness (QED) is 0.464. The second kappa shape index (κ2) is 6.59. The Hall–Kier alpha value is -0.530. The molecule has 60 valence electrons. The van der Waals surface area contributed by atoms with Crippen molar-refractivity contribution < 1.29 is 9.90 Å². The Balaban J connectivity index is 2.84. The molecule has 0 aliphatic carbocycles. The third kappa shape index (κ3) is 7.47. The summed E-state index contributed by atoms with van der Waals surface area (Å²) >= 11 is 0. The number of carboxylic acids is 1. The van der Waals surface area contributed by atoms with Crippen LogP contribution in [0, 0.1) is 0 Å². The van der Waals surface area contributed by atoms with Crippen LogP contribution in [-0.2, 0) is 4.79 Å². The molecule has 0 atom stereocenters. The molecule has 0 radical (unpaired) electrons. The van der Waals surface area contributed by atoms with Crippen LogP contribution in [-0.4, -0.2) is 11.1 Å². The first-order chi connectivity index (χ1) is 4.77.